The van der Waals surface area contributed by atoms with E-state index in [4.69, 9.17) is 5.73 Å². The third-order valence-electron chi connectivity index (χ3n) is 4.01. The molecule has 0 heterocycles. The molecule has 1 saturated carbocycles. The van der Waals surface area contributed by atoms with Crippen LogP contribution in [0.4, 0.5) is 4.39 Å². The Balaban J connectivity index is 1.72. The Morgan fingerprint density at radius 3 is 2.79 bits per heavy atom. The summed E-state index contributed by atoms with van der Waals surface area (Å²) in [5, 5.41) is 2.89. The van der Waals surface area contributed by atoms with Crippen LogP contribution >= 0.6 is 0 Å². The third-order valence-corrected chi connectivity index (χ3v) is 4.01. The largest absolute Gasteiger partial charge is 0.356 e. The maximum atomic E-state index is 13.0. The molecule has 0 bridgehead atoms. The van der Waals surface area contributed by atoms with E-state index < -0.39 is 0 Å². The predicted molar refractivity (Wildman–Crippen MR) is 73.1 cm³/mol. The van der Waals surface area contributed by atoms with Gasteiger partial charge in [-0.15, -0.1) is 0 Å². The molecule has 19 heavy (non-hydrogen) atoms. The lowest BCUT2D eigenvalue weighted by molar-refractivity contribution is -0.124. The lowest BCUT2D eigenvalue weighted by Gasteiger charge is -2.40. The van der Waals surface area contributed by atoms with Crippen molar-refractivity contribution in [3.8, 4) is 0 Å². The summed E-state index contributed by atoms with van der Waals surface area (Å²) in [6.45, 7) is 1.13. The van der Waals surface area contributed by atoms with Crippen LogP contribution in [-0.2, 0) is 11.2 Å². The standard InChI is InChI=1S/C15H21FN2O/c16-13-4-1-3-12(9-13)5-8-18-14(19)10-15(11-17)6-2-7-15/h1,3-4,9H,2,5-8,10-11,17H2,(H,18,19). The Morgan fingerprint density at radius 1 is 1.42 bits per heavy atom. The van der Waals surface area contributed by atoms with E-state index in [-0.39, 0.29) is 17.1 Å². The summed E-state index contributed by atoms with van der Waals surface area (Å²) in [5.74, 6) is -0.179. The zero-order valence-corrected chi connectivity index (χ0v) is 11.1. The molecule has 1 aromatic carbocycles. The maximum Gasteiger partial charge on any atom is 0.220 e. The van der Waals surface area contributed by atoms with Gasteiger partial charge in [-0.25, -0.2) is 4.39 Å². The van der Waals surface area contributed by atoms with Crippen LogP contribution in [0.1, 0.15) is 31.2 Å². The SMILES string of the molecule is NCC1(CC(=O)NCCc2cccc(F)c2)CCC1. The average Bonchev–Trinajstić information content (AvgIpc) is 2.34. The number of benzene rings is 1. The van der Waals surface area contributed by atoms with Gasteiger partial charge in [0.15, 0.2) is 0 Å². The van der Waals surface area contributed by atoms with Crippen LogP contribution in [0.3, 0.4) is 0 Å². The Kier molecular flexibility index (Phi) is 4.53. The zero-order valence-electron chi connectivity index (χ0n) is 11.1. The van der Waals surface area contributed by atoms with E-state index in [0.717, 1.165) is 18.4 Å². The van der Waals surface area contributed by atoms with Gasteiger partial charge in [-0.2, -0.15) is 0 Å². The average molecular weight is 264 g/mol. The molecule has 2 rings (SSSR count). The van der Waals surface area contributed by atoms with E-state index in [1.54, 1.807) is 6.07 Å². The summed E-state index contributed by atoms with van der Waals surface area (Å²) in [4.78, 5) is 11.8. The van der Waals surface area contributed by atoms with Crippen molar-refractivity contribution in [2.24, 2.45) is 11.1 Å². The van der Waals surface area contributed by atoms with Gasteiger partial charge < -0.3 is 11.1 Å². The number of rotatable bonds is 6. The molecule has 1 fully saturated rings. The molecular weight excluding hydrogens is 243 g/mol. The fourth-order valence-corrected chi connectivity index (χ4v) is 2.57. The van der Waals surface area contributed by atoms with Gasteiger partial charge in [0.2, 0.25) is 5.91 Å². The quantitative estimate of drug-likeness (QED) is 0.825. The number of amides is 1. The van der Waals surface area contributed by atoms with Crippen LogP contribution < -0.4 is 11.1 Å². The molecule has 0 radical (unpaired) electrons. The van der Waals surface area contributed by atoms with E-state index in [9.17, 15) is 9.18 Å². The molecule has 4 heteroatoms. The van der Waals surface area contributed by atoms with Gasteiger partial charge in [0.1, 0.15) is 5.82 Å². The van der Waals surface area contributed by atoms with E-state index in [1.165, 1.54) is 18.6 Å². The van der Waals surface area contributed by atoms with Gasteiger partial charge in [-0.1, -0.05) is 18.6 Å². The van der Waals surface area contributed by atoms with Crippen LogP contribution in [0.5, 0.6) is 0 Å². The van der Waals surface area contributed by atoms with Crippen molar-refractivity contribution in [2.75, 3.05) is 13.1 Å². The maximum absolute atomic E-state index is 13.0. The first-order chi connectivity index (χ1) is 9.13. The molecule has 0 atom stereocenters. The highest BCUT2D eigenvalue weighted by atomic mass is 19.1. The van der Waals surface area contributed by atoms with Gasteiger partial charge in [-0.05, 0) is 48.9 Å². The number of nitrogens with one attached hydrogen (secondary N) is 1. The summed E-state index contributed by atoms with van der Waals surface area (Å²) in [6, 6.07) is 6.47. The van der Waals surface area contributed by atoms with Crippen molar-refractivity contribution >= 4 is 5.91 Å². The fraction of sp³-hybridized carbons (Fsp3) is 0.533. The second kappa shape index (κ2) is 6.15. The number of hydrogen-bond donors (Lipinski definition) is 2. The normalized spacial score (nSPS) is 16.7. The lowest BCUT2D eigenvalue weighted by Crippen LogP contribution is -2.42. The zero-order chi connectivity index (χ0) is 13.7. The highest BCUT2D eigenvalue weighted by molar-refractivity contribution is 5.76. The smallest absolute Gasteiger partial charge is 0.220 e. The van der Waals surface area contributed by atoms with Crippen LogP contribution in [0.15, 0.2) is 24.3 Å². The molecule has 104 valence electrons. The highest BCUT2D eigenvalue weighted by Crippen LogP contribution is 2.42. The van der Waals surface area contributed by atoms with Gasteiger partial charge in [0.05, 0.1) is 0 Å². The molecule has 1 amide bonds. The van der Waals surface area contributed by atoms with Gasteiger partial charge in [0.25, 0.3) is 0 Å². The third kappa shape index (κ3) is 3.77. The number of carbonyl (C=O) groups is 1. The number of halogens is 1. The summed E-state index contributed by atoms with van der Waals surface area (Å²) >= 11 is 0. The van der Waals surface area contributed by atoms with Gasteiger partial charge in [0, 0.05) is 13.0 Å². The fourth-order valence-electron chi connectivity index (χ4n) is 2.57. The van der Waals surface area contributed by atoms with Gasteiger partial charge in [-0.3, -0.25) is 4.79 Å². The minimum absolute atomic E-state index is 0.0446. The second-order valence-corrected chi connectivity index (χ2v) is 5.46. The van der Waals surface area contributed by atoms with Crippen LogP contribution in [0, 0.1) is 11.2 Å². The van der Waals surface area contributed by atoms with Crippen molar-refractivity contribution in [2.45, 2.75) is 32.1 Å². The van der Waals surface area contributed by atoms with Crippen molar-refractivity contribution in [1.82, 2.24) is 5.32 Å². The van der Waals surface area contributed by atoms with Crippen molar-refractivity contribution in [3.05, 3.63) is 35.6 Å². The van der Waals surface area contributed by atoms with Gasteiger partial charge >= 0.3 is 0 Å². The van der Waals surface area contributed by atoms with E-state index in [1.807, 2.05) is 6.07 Å². The Labute approximate surface area is 113 Å². The molecular formula is C15H21FN2O. The van der Waals surface area contributed by atoms with Crippen molar-refractivity contribution in [1.29, 1.82) is 0 Å². The molecule has 0 aromatic heterocycles. The molecule has 1 aliphatic rings. The topological polar surface area (TPSA) is 55.1 Å². The number of hydrogen-bond acceptors (Lipinski definition) is 2. The Hall–Kier alpha value is -1.42. The first-order valence-corrected chi connectivity index (χ1v) is 6.85. The van der Waals surface area contributed by atoms with E-state index in [0.29, 0.717) is 25.9 Å². The minimum Gasteiger partial charge on any atom is -0.356 e. The number of nitrogens with two attached hydrogens (primary N) is 1. The monoisotopic (exact) mass is 264 g/mol. The Morgan fingerprint density at radius 2 is 2.21 bits per heavy atom. The molecule has 3 nitrogen and oxygen atoms in total. The summed E-state index contributed by atoms with van der Waals surface area (Å²) in [7, 11) is 0. The Bertz CT molecular complexity index is 438. The summed E-state index contributed by atoms with van der Waals surface area (Å²) in [6.07, 6.45) is 4.46. The van der Waals surface area contributed by atoms with Crippen molar-refractivity contribution < 1.29 is 9.18 Å². The molecule has 0 aliphatic heterocycles. The molecule has 1 aromatic rings. The minimum atomic E-state index is -0.236. The first kappa shape index (κ1) is 14.0. The second-order valence-electron chi connectivity index (χ2n) is 5.46. The molecule has 1 aliphatic carbocycles. The molecule has 0 spiro atoms. The first-order valence-electron chi connectivity index (χ1n) is 6.85. The predicted octanol–water partition coefficient (Wildman–Crippen LogP) is 2.00. The summed E-state index contributed by atoms with van der Waals surface area (Å²) in [5.41, 5.74) is 6.68. The van der Waals surface area contributed by atoms with E-state index >= 15 is 0 Å². The van der Waals surface area contributed by atoms with Crippen LogP contribution in [0.2, 0.25) is 0 Å². The molecule has 3 N–H and O–H groups in total. The lowest BCUT2D eigenvalue weighted by atomic mass is 9.66. The number of carbonyl (C=O) groups excluding carboxylic acids is 1. The molecule has 0 unspecified atom stereocenters. The molecule has 0 saturated heterocycles. The van der Waals surface area contributed by atoms with Crippen molar-refractivity contribution in [3.63, 3.8) is 0 Å². The van der Waals surface area contributed by atoms with Crippen LogP contribution in [-0.4, -0.2) is 19.0 Å². The highest BCUT2D eigenvalue weighted by Gasteiger charge is 2.37. The summed E-state index contributed by atoms with van der Waals surface area (Å²) < 4.78 is 13.0. The van der Waals surface area contributed by atoms with Crippen LogP contribution in [0.25, 0.3) is 0 Å². The van der Waals surface area contributed by atoms with E-state index in [2.05, 4.69) is 5.32 Å².